The summed E-state index contributed by atoms with van der Waals surface area (Å²) < 4.78 is 10.3. The van der Waals surface area contributed by atoms with Crippen LogP contribution in [-0.4, -0.2) is 73.8 Å². The third kappa shape index (κ3) is 21.1. The molecule has 0 bridgehead atoms. The lowest BCUT2D eigenvalue weighted by atomic mass is 10.1. The molecule has 0 saturated carbocycles. The van der Waals surface area contributed by atoms with Gasteiger partial charge in [-0.2, -0.15) is 0 Å². The zero-order valence-corrected chi connectivity index (χ0v) is 24.3. The zero-order chi connectivity index (χ0) is 29.6. The van der Waals surface area contributed by atoms with E-state index in [1.165, 1.54) is 26.1 Å². The molecule has 0 aliphatic carbocycles. The van der Waals surface area contributed by atoms with Crippen molar-refractivity contribution in [3.63, 3.8) is 0 Å². The van der Waals surface area contributed by atoms with Crippen LogP contribution in [0.15, 0.2) is 84.7 Å². The lowest BCUT2D eigenvalue weighted by molar-refractivity contribution is -0.124. The number of hydrogen-bond donors (Lipinski definition) is 0. The van der Waals surface area contributed by atoms with Crippen LogP contribution in [-0.2, 0) is 41.9 Å². The minimum atomic E-state index is -0.467. The number of nitrogens with zero attached hydrogens (tertiary/aromatic N) is 2. The number of Topliss-reactive ketones (excluding diaryl/α,β-unsaturated/α-hetero) is 2. The third-order valence-corrected chi connectivity index (χ3v) is 4.46. The minimum absolute atomic E-state index is 0.0313. The highest BCUT2D eigenvalue weighted by Crippen LogP contribution is 2.04. The van der Waals surface area contributed by atoms with Crippen LogP contribution in [0.2, 0.25) is 0 Å². The molecular weight excluding hydrogens is 520 g/mol. The first kappa shape index (κ1) is 35.4. The fourth-order valence-corrected chi connectivity index (χ4v) is 2.69. The molecule has 2 rings (SSSR count). The van der Waals surface area contributed by atoms with Crippen LogP contribution < -0.4 is 0 Å². The molecule has 0 atom stereocenters. The van der Waals surface area contributed by atoms with Crippen LogP contribution in [0.3, 0.4) is 0 Å². The number of carbonyl (C=O) groups excluding carboxylic acids is 4. The topological polar surface area (TPSA) is 93.2 Å². The first-order chi connectivity index (χ1) is 18.4. The van der Waals surface area contributed by atoms with E-state index in [-0.39, 0.29) is 36.1 Å². The average Bonchev–Trinajstić information content (AvgIpc) is 2.87. The molecular formula is C30H39ClN2O6. The van der Waals surface area contributed by atoms with Crippen molar-refractivity contribution in [2.75, 3.05) is 41.4 Å². The van der Waals surface area contributed by atoms with E-state index in [2.05, 4.69) is 0 Å². The van der Waals surface area contributed by atoms with Crippen molar-refractivity contribution in [1.82, 2.24) is 9.80 Å². The Hall–Kier alpha value is -3.59. The van der Waals surface area contributed by atoms with E-state index < -0.39 is 5.24 Å². The number of benzene rings is 2. The molecule has 0 N–H and O–H groups in total. The van der Waals surface area contributed by atoms with Crippen molar-refractivity contribution in [1.29, 1.82) is 0 Å². The summed E-state index contributed by atoms with van der Waals surface area (Å²) in [4.78, 5) is 47.3. The maximum Gasteiger partial charge on any atom is 0.247 e. The van der Waals surface area contributed by atoms with E-state index in [0.717, 1.165) is 11.1 Å². The largest absolute Gasteiger partial charge is 0.383 e. The summed E-state index contributed by atoms with van der Waals surface area (Å²) in [7, 11) is 7.28. The maximum atomic E-state index is 11.9. The second kappa shape index (κ2) is 21.4. The van der Waals surface area contributed by atoms with Gasteiger partial charge in [0.25, 0.3) is 0 Å². The zero-order valence-electron chi connectivity index (χ0n) is 23.6. The molecule has 0 saturated heterocycles. The smallest absolute Gasteiger partial charge is 0.247 e. The van der Waals surface area contributed by atoms with Crippen LogP contribution >= 0.6 is 11.6 Å². The van der Waals surface area contributed by atoms with Gasteiger partial charge in [0.05, 0.1) is 18.8 Å². The Labute approximate surface area is 236 Å². The Kier molecular flexibility index (Phi) is 19.4. The van der Waals surface area contributed by atoms with Gasteiger partial charge in [-0.3, -0.25) is 19.2 Å². The van der Waals surface area contributed by atoms with Gasteiger partial charge < -0.3 is 19.3 Å². The summed E-state index contributed by atoms with van der Waals surface area (Å²) in [6.45, 7) is 3.58. The van der Waals surface area contributed by atoms with Crippen molar-refractivity contribution in [2.24, 2.45) is 0 Å². The quantitative estimate of drug-likeness (QED) is 0.154. The van der Waals surface area contributed by atoms with E-state index in [4.69, 9.17) is 21.1 Å². The Bertz CT molecular complexity index is 1070. The van der Waals surface area contributed by atoms with Crippen molar-refractivity contribution < 1.29 is 28.7 Å². The highest BCUT2D eigenvalue weighted by atomic mass is 35.5. The van der Waals surface area contributed by atoms with Gasteiger partial charge in [-0.15, -0.1) is 0 Å². The van der Waals surface area contributed by atoms with Gasteiger partial charge in [-0.05, 0) is 42.7 Å². The molecule has 0 aliphatic heterocycles. The summed E-state index contributed by atoms with van der Waals surface area (Å²) in [5, 5.41) is -0.467. The fourth-order valence-electron chi connectivity index (χ4n) is 2.61. The van der Waals surface area contributed by atoms with Gasteiger partial charge in [0.1, 0.15) is 13.2 Å². The normalized spacial score (nSPS) is 10.5. The summed E-state index contributed by atoms with van der Waals surface area (Å²) in [6.07, 6.45) is 4.78. The molecule has 0 amide bonds. The van der Waals surface area contributed by atoms with E-state index in [0.29, 0.717) is 13.2 Å². The predicted octanol–water partition coefficient (Wildman–Crippen LogP) is 4.43. The Morgan fingerprint density at radius 1 is 0.744 bits per heavy atom. The summed E-state index contributed by atoms with van der Waals surface area (Å²) in [5.74, 6) is -0.460. The number of allylic oxidation sites excluding steroid dienone is 1. The Morgan fingerprint density at radius 2 is 1.21 bits per heavy atom. The highest BCUT2D eigenvalue weighted by molar-refractivity contribution is 6.63. The first-order valence-corrected chi connectivity index (χ1v) is 12.5. The molecule has 39 heavy (non-hydrogen) atoms. The number of halogens is 1. The molecule has 9 heteroatoms. The van der Waals surface area contributed by atoms with E-state index >= 15 is 0 Å². The minimum Gasteiger partial charge on any atom is -0.383 e. The standard InChI is InChI=1S/C15H19NO3.C9H9ClO2.C6H11NO/c1-12(17)14(9-16(2)3)15(18)11-19-10-13-7-5-4-6-8-13;10-9(11)7-12-6-8-4-2-1-3-5-8;1-6(8)4-5-7(2)3/h4-9H,10-11H2,1-3H3;1-5H,6-7H2;4-5H,1-3H3/b14-9+;;5-4+. The van der Waals surface area contributed by atoms with E-state index in [9.17, 15) is 19.2 Å². The lowest BCUT2D eigenvalue weighted by Crippen LogP contribution is -2.19. The van der Waals surface area contributed by atoms with Gasteiger partial charge in [0, 0.05) is 40.6 Å². The molecule has 0 aliphatic rings. The molecule has 2 aromatic carbocycles. The average molecular weight is 559 g/mol. The number of carbonyl (C=O) groups is 4. The van der Waals surface area contributed by atoms with Crippen LogP contribution in [0, 0.1) is 0 Å². The molecule has 0 fully saturated rings. The molecule has 0 spiro atoms. The molecule has 0 unspecified atom stereocenters. The SMILES string of the molecule is CC(=O)/C(=C\N(C)C)C(=O)COCc1ccccc1.CC(=O)/C=C/N(C)C.O=C(Cl)COCc1ccccc1. The predicted molar refractivity (Wildman–Crippen MR) is 154 cm³/mol. The van der Waals surface area contributed by atoms with Gasteiger partial charge in [-0.25, -0.2) is 0 Å². The number of ether oxygens (including phenoxy) is 2. The summed E-state index contributed by atoms with van der Waals surface area (Å²) in [6, 6.07) is 19.2. The maximum absolute atomic E-state index is 11.9. The third-order valence-electron chi connectivity index (χ3n) is 4.35. The van der Waals surface area contributed by atoms with Crippen LogP contribution in [0.25, 0.3) is 0 Å². The molecule has 212 valence electrons. The number of hydrogen-bond acceptors (Lipinski definition) is 8. The van der Waals surface area contributed by atoms with Crippen LogP contribution in [0.1, 0.15) is 25.0 Å². The molecule has 2 aromatic rings. The highest BCUT2D eigenvalue weighted by Gasteiger charge is 2.14. The second-order valence-corrected chi connectivity index (χ2v) is 9.11. The van der Waals surface area contributed by atoms with Gasteiger partial charge in [0.15, 0.2) is 17.3 Å². The van der Waals surface area contributed by atoms with Crippen molar-refractivity contribution in [3.05, 3.63) is 95.8 Å². The molecule has 0 heterocycles. The van der Waals surface area contributed by atoms with E-state index in [1.54, 1.807) is 25.2 Å². The lowest BCUT2D eigenvalue weighted by Gasteiger charge is -2.09. The number of ketones is 3. The Morgan fingerprint density at radius 3 is 1.54 bits per heavy atom. The summed E-state index contributed by atoms with van der Waals surface area (Å²) in [5.41, 5.74) is 2.20. The first-order valence-electron chi connectivity index (χ1n) is 12.1. The molecule has 0 radical (unpaired) electrons. The van der Waals surface area contributed by atoms with Gasteiger partial charge in [0.2, 0.25) is 5.24 Å². The molecule has 8 nitrogen and oxygen atoms in total. The van der Waals surface area contributed by atoms with Gasteiger partial charge in [-0.1, -0.05) is 60.7 Å². The van der Waals surface area contributed by atoms with Crippen molar-refractivity contribution in [3.8, 4) is 0 Å². The van der Waals surface area contributed by atoms with Crippen LogP contribution in [0.4, 0.5) is 0 Å². The monoisotopic (exact) mass is 558 g/mol. The van der Waals surface area contributed by atoms with Crippen molar-refractivity contribution >= 4 is 34.2 Å². The fraction of sp³-hybridized carbons (Fsp3) is 0.333. The Balaban J connectivity index is 0.000000616. The summed E-state index contributed by atoms with van der Waals surface area (Å²) >= 11 is 5.08. The van der Waals surface area contributed by atoms with Gasteiger partial charge >= 0.3 is 0 Å². The molecule has 0 aromatic heterocycles. The van der Waals surface area contributed by atoms with Crippen molar-refractivity contribution in [2.45, 2.75) is 27.1 Å². The van der Waals surface area contributed by atoms with E-state index in [1.807, 2.05) is 79.7 Å². The second-order valence-electron chi connectivity index (χ2n) is 8.69. The number of rotatable bonds is 13. The van der Waals surface area contributed by atoms with Crippen LogP contribution in [0.5, 0.6) is 0 Å².